The fourth-order valence-electron chi connectivity index (χ4n) is 8.63. The van der Waals surface area contributed by atoms with Crippen LogP contribution in [0.2, 0.25) is 0 Å². The highest BCUT2D eigenvalue weighted by Gasteiger charge is 2.36. The number of nitrogens with zero attached hydrogens (tertiary/aromatic N) is 1. The molecule has 0 saturated heterocycles. The Hall–Kier alpha value is -5.47. The van der Waals surface area contributed by atoms with Gasteiger partial charge in [-0.05, 0) is 81.5 Å². The van der Waals surface area contributed by atoms with Crippen molar-refractivity contribution < 1.29 is 4.42 Å². The van der Waals surface area contributed by atoms with Gasteiger partial charge in [-0.2, -0.15) is 0 Å². The van der Waals surface area contributed by atoms with Gasteiger partial charge in [0.25, 0.3) is 0 Å². The number of furan rings is 1. The second-order valence-electron chi connectivity index (χ2n) is 14.6. The average molecular weight is 648 g/mol. The van der Waals surface area contributed by atoms with Crippen LogP contribution in [0.3, 0.4) is 0 Å². The molecule has 2 heterocycles. The number of fused-ring (bicyclic) bond motifs is 8. The van der Waals surface area contributed by atoms with Crippen LogP contribution in [0.5, 0.6) is 0 Å². The van der Waals surface area contributed by atoms with Crippen LogP contribution in [0.4, 0.5) is 0 Å². The molecule has 244 valence electrons. The van der Waals surface area contributed by atoms with E-state index in [0.717, 1.165) is 45.3 Å². The van der Waals surface area contributed by atoms with Gasteiger partial charge in [-0.1, -0.05) is 143 Å². The second-order valence-corrected chi connectivity index (χ2v) is 14.6. The van der Waals surface area contributed by atoms with Crippen molar-refractivity contribution in [2.45, 2.75) is 46.5 Å². The highest BCUT2D eigenvalue weighted by Crippen LogP contribution is 2.49. The van der Waals surface area contributed by atoms with Crippen molar-refractivity contribution >= 4 is 49.7 Å². The molecule has 2 heteroatoms. The van der Waals surface area contributed by atoms with Crippen LogP contribution in [0.25, 0.3) is 55.1 Å². The third kappa shape index (κ3) is 4.58. The molecule has 2 unspecified atom stereocenters. The van der Waals surface area contributed by atoms with Crippen LogP contribution in [-0.4, -0.2) is 5.71 Å². The summed E-state index contributed by atoms with van der Waals surface area (Å²) in [5, 5.41) is 4.69. The zero-order valence-corrected chi connectivity index (χ0v) is 29.4. The highest BCUT2D eigenvalue weighted by atomic mass is 16.3. The van der Waals surface area contributed by atoms with Crippen LogP contribution >= 0.6 is 0 Å². The number of hydrogen-bond acceptors (Lipinski definition) is 2. The lowest BCUT2D eigenvalue weighted by Gasteiger charge is -2.28. The maximum Gasteiger partial charge on any atom is 0.143 e. The molecule has 1 aliphatic heterocycles. The molecule has 9 rings (SSSR count). The predicted octanol–water partition coefficient (Wildman–Crippen LogP) is 13.0. The van der Waals surface area contributed by atoms with Gasteiger partial charge in [-0.3, -0.25) is 4.99 Å². The minimum atomic E-state index is -0.0858. The Morgan fingerprint density at radius 1 is 0.680 bits per heavy atom. The van der Waals surface area contributed by atoms with E-state index in [-0.39, 0.29) is 17.3 Å². The molecule has 0 saturated carbocycles. The molecule has 0 spiro atoms. The molecule has 0 N–H and O–H groups in total. The maximum absolute atomic E-state index is 6.68. The van der Waals surface area contributed by atoms with Gasteiger partial charge >= 0.3 is 0 Å². The summed E-state index contributed by atoms with van der Waals surface area (Å²) >= 11 is 0. The molecule has 0 bridgehead atoms. The van der Waals surface area contributed by atoms with E-state index in [1.54, 1.807) is 0 Å². The quantitative estimate of drug-likeness (QED) is 0.187. The summed E-state index contributed by atoms with van der Waals surface area (Å²) in [5.41, 5.74) is 15.6. The number of benzene rings is 6. The lowest BCUT2D eigenvalue weighted by atomic mass is 9.78. The molecule has 2 aliphatic rings. The molecule has 0 radical (unpaired) electrons. The zero-order valence-electron chi connectivity index (χ0n) is 29.4. The number of hydrogen-bond donors (Lipinski definition) is 0. The molecule has 1 aliphatic carbocycles. The number of aliphatic imine (C=N–C) groups is 1. The Kier molecular flexibility index (Phi) is 7.07. The molecular weight excluding hydrogens is 607 g/mol. The zero-order chi connectivity index (χ0) is 34.1. The summed E-state index contributed by atoms with van der Waals surface area (Å²) in [6, 6.07) is 46.3. The first-order chi connectivity index (χ1) is 24.3. The van der Waals surface area contributed by atoms with Crippen molar-refractivity contribution in [3.8, 4) is 11.1 Å². The molecule has 50 heavy (non-hydrogen) atoms. The van der Waals surface area contributed by atoms with Crippen molar-refractivity contribution in [3.05, 3.63) is 167 Å². The first-order valence-corrected chi connectivity index (χ1v) is 18.0. The Bertz CT molecular complexity index is 2570. The van der Waals surface area contributed by atoms with Gasteiger partial charge in [0.1, 0.15) is 11.2 Å². The fourth-order valence-corrected chi connectivity index (χ4v) is 8.63. The van der Waals surface area contributed by atoms with E-state index in [1.165, 1.54) is 55.3 Å². The van der Waals surface area contributed by atoms with Gasteiger partial charge < -0.3 is 4.42 Å². The van der Waals surface area contributed by atoms with Crippen LogP contribution in [0.1, 0.15) is 68.9 Å². The molecule has 0 amide bonds. The summed E-state index contributed by atoms with van der Waals surface area (Å²) in [6.45, 7) is 11.6. The molecule has 0 fully saturated rings. The molecule has 6 aromatic carbocycles. The third-order valence-electron chi connectivity index (χ3n) is 11.5. The van der Waals surface area contributed by atoms with Crippen LogP contribution in [0, 0.1) is 11.8 Å². The maximum atomic E-state index is 6.68. The van der Waals surface area contributed by atoms with Gasteiger partial charge in [0.2, 0.25) is 0 Å². The minimum absolute atomic E-state index is 0.0858. The lowest BCUT2D eigenvalue weighted by Crippen LogP contribution is -2.20. The summed E-state index contributed by atoms with van der Waals surface area (Å²) < 4.78 is 6.68. The highest BCUT2D eigenvalue weighted by molar-refractivity contribution is 6.18. The van der Waals surface area contributed by atoms with Crippen molar-refractivity contribution in [3.63, 3.8) is 0 Å². The van der Waals surface area contributed by atoms with E-state index in [2.05, 4.69) is 168 Å². The standard InChI is InChI=1S/C48H41NO/c1-6-31-27-40(38-20-14-22-43-44(38)39-26-23-32-15-10-11-18-35(32)47(39)50-43)29(2)30(3)45(33-16-8-7-9-17-33)49-46(31)34-24-25-37-36-19-12-13-21-41(36)48(4,5)42(37)28-34/h7-29,31H,6H2,1-5H3/b40-27+,45-30-,49-46?. The Labute approximate surface area is 294 Å². The van der Waals surface area contributed by atoms with E-state index in [1.807, 2.05) is 0 Å². The molecule has 7 aromatic rings. The molecule has 2 nitrogen and oxygen atoms in total. The predicted molar refractivity (Wildman–Crippen MR) is 212 cm³/mol. The third-order valence-corrected chi connectivity index (χ3v) is 11.5. The van der Waals surface area contributed by atoms with Crippen molar-refractivity contribution in [2.24, 2.45) is 16.8 Å². The lowest BCUT2D eigenvalue weighted by molar-refractivity contribution is 0.660. The van der Waals surface area contributed by atoms with Crippen LogP contribution in [-0.2, 0) is 5.41 Å². The monoisotopic (exact) mass is 647 g/mol. The molecular formula is C48H41NO. The summed E-state index contributed by atoms with van der Waals surface area (Å²) in [4.78, 5) is 5.68. The van der Waals surface area contributed by atoms with Gasteiger partial charge in [0.15, 0.2) is 0 Å². The van der Waals surface area contributed by atoms with Gasteiger partial charge in [-0.25, -0.2) is 0 Å². The van der Waals surface area contributed by atoms with Gasteiger partial charge in [0, 0.05) is 39.0 Å². The normalized spacial score (nSPS) is 21.0. The summed E-state index contributed by atoms with van der Waals surface area (Å²) in [6.07, 6.45) is 3.46. The van der Waals surface area contributed by atoms with E-state index < -0.39 is 0 Å². The van der Waals surface area contributed by atoms with E-state index in [0.29, 0.717) is 0 Å². The molecule has 1 aromatic heterocycles. The number of rotatable bonds is 4. The van der Waals surface area contributed by atoms with Crippen LogP contribution in [0.15, 0.2) is 148 Å². The first-order valence-electron chi connectivity index (χ1n) is 18.0. The minimum Gasteiger partial charge on any atom is -0.455 e. The van der Waals surface area contributed by atoms with E-state index in [9.17, 15) is 0 Å². The molecule has 2 atom stereocenters. The van der Waals surface area contributed by atoms with E-state index >= 15 is 0 Å². The summed E-state index contributed by atoms with van der Waals surface area (Å²) in [5.74, 6) is 0.243. The fraction of sp³-hybridized carbons (Fsp3) is 0.188. The topological polar surface area (TPSA) is 25.5 Å². The largest absolute Gasteiger partial charge is 0.455 e. The SMILES string of the molecule is CCC1/C=C(/c2cccc3oc4c5ccccc5ccc4c23)C(C)/C(C)=C(/c2ccccc2)N=C1c1ccc2c(c1)C(C)(C)c1ccccc1-2. The van der Waals surface area contributed by atoms with Gasteiger partial charge in [-0.15, -0.1) is 0 Å². The van der Waals surface area contributed by atoms with Gasteiger partial charge in [0.05, 0.1) is 11.4 Å². The van der Waals surface area contributed by atoms with E-state index in [4.69, 9.17) is 9.41 Å². The average Bonchev–Trinajstić information content (AvgIpc) is 3.65. The Morgan fingerprint density at radius 3 is 2.26 bits per heavy atom. The number of allylic oxidation sites excluding steroid dienone is 3. The van der Waals surface area contributed by atoms with Crippen molar-refractivity contribution in [1.82, 2.24) is 0 Å². The van der Waals surface area contributed by atoms with Crippen molar-refractivity contribution in [1.29, 1.82) is 0 Å². The summed E-state index contributed by atoms with van der Waals surface area (Å²) in [7, 11) is 0. The first kappa shape index (κ1) is 30.6. The Balaban J connectivity index is 1.29. The Morgan fingerprint density at radius 2 is 1.42 bits per heavy atom. The van der Waals surface area contributed by atoms with Crippen molar-refractivity contribution in [2.75, 3.05) is 0 Å². The smallest absolute Gasteiger partial charge is 0.143 e. The second kappa shape index (κ2) is 11.6. The van der Waals surface area contributed by atoms with Crippen LogP contribution < -0.4 is 0 Å².